The van der Waals surface area contributed by atoms with E-state index in [4.69, 9.17) is 19.6 Å². The van der Waals surface area contributed by atoms with E-state index in [1.54, 1.807) is 10.6 Å². The van der Waals surface area contributed by atoms with Gasteiger partial charge in [0.1, 0.15) is 29.8 Å². The van der Waals surface area contributed by atoms with Crippen LogP contribution >= 0.6 is 0 Å². The van der Waals surface area contributed by atoms with E-state index in [1.165, 1.54) is 4.90 Å². The molecule has 60 heavy (non-hydrogen) atoms. The Hall–Kier alpha value is -5.51. The largest absolute Gasteiger partial charge is 0.472 e. The third kappa shape index (κ3) is 8.17. The van der Waals surface area contributed by atoms with Crippen LogP contribution in [-0.2, 0) is 29.1 Å². The van der Waals surface area contributed by atoms with Crippen molar-refractivity contribution in [2.24, 2.45) is 5.92 Å². The summed E-state index contributed by atoms with van der Waals surface area (Å²) in [4.78, 5) is 63.0. The van der Waals surface area contributed by atoms with Crippen molar-refractivity contribution in [3.63, 3.8) is 0 Å². The molecule has 4 aromatic rings. The molecule has 0 spiro atoms. The number of allylic oxidation sites excluding steroid dienone is 1. The van der Waals surface area contributed by atoms with E-state index in [0.717, 1.165) is 60.6 Å². The smallest absolute Gasteiger partial charge is 0.408 e. The van der Waals surface area contributed by atoms with Crippen molar-refractivity contribution < 1.29 is 37.1 Å². The Labute approximate surface area is 348 Å². The minimum absolute atomic E-state index is 0.0181. The van der Waals surface area contributed by atoms with E-state index in [1.807, 2.05) is 67.6 Å². The fraction of sp³-hybridized carbons (Fsp3) is 0.500. The van der Waals surface area contributed by atoms with Crippen LogP contribution in [0.3, 0.4) is 0 Å². The van der Waals surface area contributed by atoms with Gasteiger partial charge in [0.05, 0.1) is 23.0 Å². The molecule has 2 aromatic carbocycles. The average molecular weight is 838 g/mol. The molecule has 5 atom stereocenters. The zero-order valence-corrected chi connectivity index (χ0v) is 34.5. The van der Waals surface area contributed by atoms with Crippen LogP contribution in [-0.4, -0.2) is 93.4 Å². The molecule has 1 saturated heterocycles. The van der Waals surface area contributed by atoms with Crippen LogP contribution < -0.4 is 20.1 Å². The van der Waals surface area contributed by atoms with Gasteiger partial charge in [0.25, 0.3) is 5.91 Å². The van der Waals surface area contributed by atoms with Crippen molar-refractivity contribution in [1.29, 1.82) is 0 Å². The van der Waals surface area contributed by atoms with Crippen LogP contribution in [0.5, 0.6) is 5.88 Å². The molecule has 2 aliphatic heterocycles. The third-order valence-electron chi connectivity index (χ3n) is 12.6. The molecule has 4 heterocycles. The summed E-state index contributed by atoms with van der Waals surface area (Å²) in [5.41, 5.74) is 2.33. The standard InChI is InChI=1S/C44H51N7O8S/c1-27-18-21-33-36(22-27)48-51-38(24-35(45-39(33)51)28-12-6-5-7-13-28)58-31-23-37-40(52)47-44(42(54)49-60(56,57)32-19-20-32)25-29(44)14-8-3-2-4-9-17-34(41(53)50(37)26-31)46-43(55)59-30-15-10-11-16-30/h5-8,12-14,18,21-22,24,29-32,34,37H,2-4,9-11,15-17,19-20,23,25-26H2,1H3,(H,46,55)(H,47,52)(H,49,54)/b14-8-/t29-,31-,34+,37+,44-/m1/s1. The fourth-order valence-corrected chi connectivity index (χ4v) is 10.3. The first kappa shape index (κ1) is 39.9. The lowest BCUT2D eigenvalue weighted by Gasteiger charge is -2.30. The first-order chi connectivity index (χ1) is 29.0. The number of carbonyl (C=O) groups is 4. The van der Waals surface area contributed by atoms with Crippen molar-refractivity contribution in [2.75, 3.05) is 6.54 Å². The predicted octanol–water partition coefficient (Wildman–Crippen LogP) is 5.25. The highest BCUT2D eigenvalue weighted by atomic mass is 32.2. The lowest BCUT2D eigenvalue weighted by Crippen LogP contribution is -2.58. The summed E-state index contributed by atoms with van der Waals surface area (Å²) < 4.78 is 42.3. The third-order valence-corrected chi connectivity index (χ3v) is 14.4. The van der Waals surface area contributed by atoms with Crippen LogP contribution in [0.2, 0.25) is 0 Å². The number of sulfonamides is 1. The zero-order valence-electron chi connectivity index (χ0n) is 33.7. The SMILES string of the molecule is Cc1ccc2c(c1)nn1c(O[C@@H]3C[C@H]4C(=O)N[C@]5(C(=O)NS(=O)(=O)C6CC6)C[C@H]5/C=C\CCCCC[C@H](NC(=O)OC5CCCC5)C(=O)N4C3)cc(-c3ccccc3)nc21. The van der Waals surface area contributed by atoms with Crippen molar-refractivity contribution in [3.8, 4) is 17.1 Å². The monoisotopic (exact) mass is 837 g/mol. The summed E-state index contributed by atoms with van der Waals surface area (Å²) in [5.74, 6) is -1.94. The van der Waals surface area contributed by atoms with Gasteiger partial charge in [0, 0.05) is 29.4 Å². The second kappa shape index (κ2) is 16.2. The lowest BCUT2D eigenvalue weighted by molar-refractivity contribution is -0.141. The second-order valence-corrected chi connectivity index (χ2v) is 19.1. The number of aromatic nitrogens is 3. The minimum Gasteiger partial charge on any atom is -0.472 e. The number of hydrogen-bond acceptors (Lipinski definition) is 10. The zero-order chi connectivity index (χ0) is 41.6. The topological polar surface area (TPSA) is 190 Å². The predicted molar refractivity (Wildman–Crippen MR) is 222 cm³/mol. The van der Waals surface area contributed by atoms with Gasteiger partial charge < -0.3 is 25.0 Å². The Bertz CT molecular complexity index is 2460. The van der Waals surface area contributed by atoms with Gasteiger partial charge in [-0.1, -0.05) is 61.4 Å². The molecular weight excluding hydrogens is 787 g/mol. The molecule has 15 nitrogen and oxygen atoms in total. The maximum absolute atomic E-state index is 14.8. The summed E-state index contributed by atoms with van der Waals surface area (Å²) in [5, 5.41) is 10.8. The number of nitrogens with zero attached hydrogens (tertiary/aromatic N) is 4. The van der Waals surface area contributed by atoms with E-state index >= 15 is 0 Å². The lowest BCUT2D eigenvalue weighted by atomic mass is 10.0. The molecule has 0 radical (unpaired) electrons. The molecule has 0 unspecified atom stereocenters. The van der Waals surface area contributed by atoms with Gasteiger partial charge in [0.2, 0.25) is 27.7 Å². The highest BCUT2D eigenvalue weighted by molar-refractivity contribution is 7.91. The Kier molecular flexibility index (Phi) is 10.8. The molecule has 0 bridgehead atoms. The molecule has 3 saturated carbocycles. The van der Waals surface area contributed by atoms with E-state index < -0.39 is 68.7 Å². The summed E-state index contributed by atoms with van der Waals surface area (Å²) in [6.07, 6.45) is 10.1. The van der Waals surface area contributed by atoms with Gasteiger partial charge in [-0.25, -0.2) is 18.2 Å². The molecule has 16 heteroatoms. The molecule has 5 aliphatic rings. The van der Waals surface area contributed by atoms with Crippen molar-refractivity contribution in [1.82, 2.24) is 34.9 Å². The fourth-order valence-electron chi connectivity index (χ4n) is 8.96. The van der Waals surface area contributed by atoms with Gasteiger partial charge in [0.15, 0.2) is 5.65 Å². The van der Waals surface area contributed by atoms with Crippen LogP contribution in [0.15, 0.2) is 66.7 Å². The number of fused-ring (bicyclic) bond motifs is 5. The Morgan fingerprint density at radius 1 is 0.933 bits per heavy atom. The number of ether oxygens (including phenoxy) is 2. The second-order valence-electron chi connectivity index (χ2n) is 17.1. The Balaban J connectivity index is 1.06. The molecule has 2 aromatic heterocycles. The number of nitrogens with one attached hydrogen (secondary N) is 3. The molecular formula is C44H51N7O8S. The average Bonchev–Trinajstić information content (AvgIpc) is 4.04. The van der Waals surface area contributed by atoms with Gasteiger partial charge in [-0.05, 0) is 88.8 Å². The van der Waals surface area contributed by atoms with Gasteiger partial charge in [-0.2, -0.15) is 9.61 Å². The molecule has 3 N–H and O–H groups in total. The van der Waals surface area contributed by atoms with Crippen molar-refractivity contribution >= 4 is 50.4 Å². The number of amides is 4. The normalized spacial score (nSPS) is 27.0. The van der Waals surface area contributed by atoms with Gasteiger partial charge in [-0.15, -0.1) is 0 Å². The molecule has 9 rings (SSSR count). The minimum atomic E-state index is -3.91. The molecule has 3 aliphatic carbocycles. The van der Waals surface area contributed by atoms with Crippen LogP contribution in [0, 0.1) is 12.8 Å². The number of rotatable bonds is 8. The molecule has 4 amide bonds. The first-order valence-corrected chi connectivity index (χ1v) is 22.9. The van der Waals surface area contributed by atoms with E-state index in [9.17, 15) is 27.6 Å². The summed E-state index contributed by atoms with van der Waals surface area (Å²) >= 11 is 0. The van der Waals surface area contributed by atoms with Crippen molar-refractivity contribution in [3.05, 3.63) is 72.3 Å². The van der Waals surface area contributed by atoms with Crippen LogP contribution in [0.25, 0.3) is 27.8 Å². The Morgan fingerprint density at radius 2 is 1.72 bits per heavy atom. The quantitative estimate of drug-likeness (QED) is 0.198. The van der Waals surface area contributed by atoms with E-state index in [0.29, 0.717) is 49.3 Å². The van der Waals surface area contributed by atoms with Crippen LogP contribution in [0.4, 0.5) is 4.79 Å². The maximum Gasteiger partial charge on any atom is 0.408 e. The highest BCUT2D eigenvalue weighted by Crippen LogP contribution is 2.46. The number of aryl methyl sites for hydroxylation is 1. The van der Waals surface area contributed by atoms with E-state index in [2.05, 4.69) is 15.4 Å². The number of carbonyl (C=O) groups excluding carboxylic acids is 4. The van der Waals surface area contributed by atoms with E-state index in [-0.39, 0.29) is 25.5 Å². The maximum atomic E-state index is 14.8. The number of hydrogen-bond donors (Lipinski definition) is 3. The Morgan fingerprint density at radius 3 is 2.50 bits per heavy atom. The highest BCUT2D eigenvalue weighted by Gasteiger charge is 2.62. The molecule has 316 valence electrons. The van der Waals surface area contributed by atoms with Gasteiger partial charge in [-0.3, -0.25) is 19.1 Å². The summed E-state index contributed by atoms with van der Waals surface area (Å²) in [6, 6.07) is 15.3. The summed E-state index contributed by atoms with van der Waals surface area (Å²) in [7, 11) is -3.91. The van der Waals surface area contributed by atoms with Gasteiger partial charge >= 0.3 is 6.09 Å². The first-order valence-electron chi connectivity index (χ1n) is 21.3. The molecule has 4 fully saturated rings. The number of alkyl carbamates (subject to hydrolysis) is 1. The summed E-state index contributed by atoms with van der Waals surface area (Å²) in [6.45, 7) is 1.97. The number of benzene rings is 2. The van der Waals surface area contributed by atoms with Crippen LogP contribution in [0.1, 0.15) is 89.0 Å². The van der Waals surface area contributed by atoms with Crippen molar-refractivity contribution in [2.45, 2.75) is 125 Å².